The molecule has 0 amide bonds. The average Bonchev–Trinajstić information content (AvgIpc) is 2.81. The van der Waals surface area contributed by atoms with Crippen molar-refractivity contribution < 1.29 is 0 Å². The van der Waals surface area contributed by atoms with Crippen LogP contribution < -0.4 is 5.32 Å². The normalized spacial score (nSPS) is 34.0. The Kier molecular flexibility index (Phi) is 5.50. The molecule has 0 bridgehead atoms. The van der Waals surface area contributed by atoms with E-state index >= 15 is 0 Å². The highest BCUT2D eigenvalue weighted by Crippen LogP contribution is 2.34. The molecule has 106 valence electrons. The van der Waals surface area contributed by atoms with Crippen LogP contribution in [0.5, 0.6) is 0 Å². The summed E-state index contributed by atoms with van der Waals surface area (Å²) in [7, 11) is 0. The van der Waals surface area contributed by atoms with E-state index in [2.05, 4.69) is 24.1 Å². The summed E-state index contributed by atoms with van der Waals surface area (Å²) < 4.78 is 0. The van der Waals surface area contributed by atoms with Crippen LogP contribution in [0, 0.1) is 5.41 Å². The summed E-state index contributed by atoms with van der Waals surface area (Å²) in [5.41, 5.74) is 0.595. The summed E-state index contributed by atoms with van der Waals surface area (Å²) in [6, 6.07) is 0.887. The van der Waals surface area contributed by atoms with Crippen molar-refractivity contribution in [2.24, 2.45) is 5.41 Å². The predicted molar refractivity (Wildman–Crippen MR) is 78.9 cm³/mol. The monoisotopic (exact) mass is 252 g/mol. The molecule has 2 saturated heterocycles. The number of piperidine rings is 1. The molecule has 0 aromatic carbocycles. The molecule has 2 rings (SSSR count). The van der Waals surface area contributed by atoms with Crippen molar-refractivity contribution in [1.29, 1.82) is 0 Å². The molecule has 1 N–H and O–H groups in total. The molecule has 2 aliphatic rings. The SMILES string of the molecule is CCCC1CCCCN1CC1(CCC)CCNC1. The van der Waals surface area contributed by atoms with Gasteiger partial charge in [0.05, 0.1) is 0 Å². The van der Waals surface area contributed by atoms with Crippen molar-refractivity contribution in [3.8, 4) is 0 Å². The van der Waals surface area contributed by atoms with Gasteiger partial charge < -0.3 is 5.32 Å². The van der Waals surface area contributed by atoms with Gasteiger partial charge in [0, 0.05) is 19.1 Å². The second kappa shape index (κ2) is 6.91. The largest absolute Gasteiger partial charge is 0.316 e. The van der Waals surface area contributed by atoms with E-state index < -0.39 is 0 Å². The van der Waals surface area contributed by atoms with Gasteiger partial charge in [0.15, 0.2) is 0 Å². The van der Waals surface area contributed by atoms with Crippen LogP contribution in [-0.4, -0.2) is 37.1 Å². The standard InChI is InChI=1S/C16H32N2/c1-3-7-15-8-5-6-12-18(15)14-16(9-4-2)10-11-17-13-16/h15,17H,3-14H2,1-2H3. The van der Waals surface area contributed by atoms with E-state index in [0.29, 0.717) is 5.41 Å². The van der Waals surface area contributed by atoms with E-state index in [1.807, 2.05) is 0 Å². The lowest BCUT2D eigenvalue weighted by Gasteiger charge is -2.42. The van der Waals surface area contributed by atoms with Crippen molar-refractivity contribution in [2.75, 3.05) is 26.2 Å². The molecule has 2 fully saturated rings. The summed E-state index contributed by atoms with van der Waals surface area (Å²) in [6.07, 6.45) is 11.2. The number of hydrogen-bond donors (Lipinski definition) is 1. The van der Waals surface area contributed by atoms with Gasteiger partial charge >= 0.3 is 0 Å². The Morgan fingerprint density at radius 3 is 2.78 bits per heavy atom. The molecule has 2 heteroatoms. The summed E-state index contributed by atoms with van der Waals surface area (Å²) in [5, 5.41) is 3.61. The van der Waals surface area contributed by atoms with E-state index in [-0.39, 0.29) is 0 Å². The van der Waals surface area contributed by atoms with Crippen molar-refractivity contribution in [1.82, 2.24) is 10.2 Å². The lowest BCUT2D eigenvalue weighted by atomic mass is 9.80. The van der Waals surface area contributed by atoms with Gasteiger partial charge in [-0.3, -0.25) is 4.90 Å². The molecule has 0 aromatic rings. The van der Waals surface area contributed by atoms with Crippen LogP contribution in [0.3, 0.4) is 0 Å². The zero-order chi connectivity index (χ0) is 12.8. The Morgan fingerprint density at radius 1 is 1.22 bits per heavy atom. The Balaban J connectivity index is 1.95. The first-order chi connectivity index (χ1) is 8.79. The Hall–Kier alpha value is -0.0800. The quantitative estimate of drug-likeness (QED) is 0.779. The summed E-state index contributed by atoms with van der Waals surface area (Å²) >= 11 is 0. The van der Waals surface area contributed by atoms with Gasteiger partial charge in [-0.1, -0.05) is 33.1 Å². The summed E-state index contributed by atoms with van der Waals surface area (Å²) in [4.78, 5) is 2.84. The molecule has 0 aliphatic carbocycles. The third-order valence-corrected chi connectivity index (χ3v) is 5.02. The van der Waals surface area contributed by atoms with Crippen molar-refractivity contribution >= 4 is 0 Å². The summed E-state index contributed by atoms with van der Waals surface area (Å²) in [6.45, 7) is 9.91. The first kappa shape index (κ1) is 14.3. The molecule has 2 unspecified atom stereocenters. The maximum atomic E-state index is 3.61. The molecular weight excluding hydrogens is 220 g/mol. The van der Waals surface area contributed by atoms with Gasteiger partial charge in [0.25, 0.3) is 0 Å². The highest BCUT2D eigenvalue weighted by atomic mass is 15.2. The minimum atomic E-state index is 0.595. The molecule has 0 radical (unpaired) electrons. The molecule has 2 nitrogen and oxygen atoms in total. The van der Waals surface area contributed by atoms with Crippen LogP contribution in [0.4, 0.5) is 0 Å². The van der Waals surface area contributed by atoms with Crippen molar-refractivity contribution in [3.05, 3.63) is 0 Å². The number of likely N-dealkylation sites (tertiary alicyclic amines) is 1. The number of hydrogen-bond acceptors (Lipinski definition) is 2. The van der Waals surface area contributed by atoms with Crippen LogP contribution in [-0.2, 0) is 0 Å². The van der Waals surface area contributed by atoms with E-state index in [1.165, 1.54) is 77.5 Å². The van der Waals surface area contributed by atoms with Crippen molar-refractivity contribution in [2.45, 2.75) is 71.3 Å². The van der Waals surface area contributed by atoms with E-state index in [4.69, 9.17) is 0 Å². The Morgan fingerprint density at radius 2 is 2.11 bits per heavy atom. The molecule has 2 heterocycles. The lowest BCUT2D eigenvalue weighted by Crippen LogP contribution is -2.47. The molecule has 2 aliphatic heterocycles. The molecule has 0 aromatic heterocycles. The average molecular weight is 252 g/mol. The lowest BCUT2D eigenvalue weighted by molar-refractivity contribution is 0.0780. The number of nitrogens with zero attached hydrogens (tertiary/aromatic N) is 1. The molecule has 0 saturated carbocycles. The third kappa shape index (κ3) is 3.48. The first-order valence-corrected chi connectivity index (χ1v) is 8.24. The fraction of sp³-hybridized carbons (Fsp3) is 1.00. The molecule has 0 spiro atoms. The van der Waals surface area contributed by atoms with E-state index in [1.54, 1.807) is 0 Å². The summed E-state index contributed by atoms with van der Waals surface area (Å²) in [5.74, 6) is 0. The highest BCUT2D eigenvalue weighted by molar-refractivity contribution is 4.92. The van der Waals surface area contributed by atoms with Crippen LogP contribution >= 0.6 is 0 Å². The molecule has 18 heavy (non-hydrogen) atoms. The minimum Gasteiger partial charge on any atom is -0.316 e. The van der Waals surface area contributed by atoms with Gasteiger partial charge in [-0.2, -0.15) is 0 Å². The van der Waals surface area contributed by atoms with Gasteiger partial charge in [-0.15, -0.1) is 0 Å². The van der Waals surface area contributed by atoms with Gasteiger partial charge in [-0.05, 0) is 50.6 Å². The molecular formula is C16H32N2. The van der Waals surface area contributed by atoms with Crippen LogP contribution in [0.2, 0.25) is 0 Å². The van der Waals surface area contributed by atoms with Crippen LogP contribution in [0.1, 0.15) is 65.2 Å². The van der Waals surface area contributed by atoms with E-state index in [0.717, 1.165) is 6.04 Å². The zero-order valence-corrected chi connectivity index (χ0v) is 12.5. The number of nitrogens with one attached hydrogen (secondary N) is 1. The van der Waals surface area contributed by atoms with Gasteiger partial charge in [0.1, 0.15) is 0 Å². The maximum Gasteiger partial charge on any atom is 0.00954 e. The second-order valence-electron chi connectivity index (χ2n) is 6.59. The Bertz CT molecular complexity index is 231. The number of rotatable bonds is 6. The minimum absolute atomic E-state index is 0.595. The van der Waals surface area contributed by atoms with E-state index in [9.17, 15) is 0 Å². The van der Waals surface area contributed by atoms with Crippen LogP contribution in [0.15, 0.2) is 0 Å². The maximum absolute atomic E-state index is 3.61. The second-order valence-corrected chi connectivity index (χ2v) is 6.59. The first-order valence-electron chi connectivity index (χ1n) is 8.24. The molecule has 2 atom stereocenters. The van der Waals surface area contributed by atoms with Gasteiger partial charge in [-0.25, -0.2) is 0 Å². The highest BCUT2D eigenvalue weighted by Gasteiger charge is 2.36. The smallest absolute Gasteiger partial charge is 0.00954 e. The zero-order valence-electron chi connectivity index (χ0n) is 12.5. The van der Waals surface area contributed by atoms with Crippen molar-refractivity contribution in [3.63, 3.8) is 0 Å². The predicted octanol–water partition coefficient (Wildman–Crippen LogP) is 3.42. The van der Waals surface area contributed by atoms with Crippen LogP contribution in [0.25, 0.3) is 0 Å². The Labute approximate surface area is 114 Å². The topological polar surface area (TPSA) is 15.3 Å². The van der Waals surface area contributed by atoms with Gasteiger partial charge in [0.2, 0.25) is 0 Å². The fourth-order valence-corrected chi connectivity index (χ4v) is 4.11. The third-order valence-electron chi connectivity index (χ3n) is 5.02. The fourth-order valence-electron chi connectivity index (χ4n) is 4.11.